The van der Waals surface area contributed by atoms with Gasteiger partial charge in [-0.05, 0) is 43.9 Å². The molecule has 0 saturated heterocycles. The summed E-state index contributed by atoms with van der Waals surface area (Å²) < 4.78 is 0. The first-order valence-electron chi connectivity index (χ1n) is 6.64. The maximum atomic E-state index is 6.27. The average Bonchev–Trinajstić information content (AvgIpc) is 2.29. The van der Waals surface area contributed by atoms with Gasteiger partial charge in [0.15, 0.2) is 0 Å². The maximum Gasteiger partial charge on any atom is 0.00673 e. The molecule has 0 amide bonds. The van der Waals surface area contributed by atoms with Gasteiger partial charge in [-0.1, -0.05) is 32.3 Å². The van der Waals surface area contributed by atoms with E-state index >= 15 is 0 Å². The Hall–Kier alpha value is -0.300. The van der Waals surface area contributed by atoms with E-state index in [0.717, 1.165) is 18.3 Å². The fraction of sp³-hybridized carbons (Fsp3) is 0.857. The lowest BCUT2D eigenvalue weighted by atomic mass is 9.76. The van der Waals surface area contributed by atoms with E-state index in [-0.39, 0.29) is 0 Å². The average molecular weight is 209 g/mol. The second-order valence-electron chi connectivity index (χ2n) is 5.08. The molecule has 1 fully saturated rings. The topological polar surface area (TPSA) is 26.0 Å². The van der Waals surface area contributed by atoms with Crippen molar-refractivity contribution in [3.05, 3.63) is 12.7 Å². The Labute approximate surface area is 95.1 Å². The number of unbranched alkanes of at least 4 members (excludes halogenated alkanes) is 1. The van der Waals surface area contributed by atoms with Crippen LogP contribution in [0.25, 0.3) is 0 Å². The molecule has 0 aromatic heterocycles. The van der Waals surface area contributed by atoms with E-state index in [4.69, 9.17) is 5.73 Å². The van der Waals surface area contributed by atoms with Crippen LogP contribution in [0.15, 0.2) is 12.7 Å². The van der Waals surface area contributed by atoms with Crippen molar-refractivity contribution in [2.45, 2.75) is 64.3 Å². The van der Waals surface area contributed by atoms with Gasteiger partial charge in [0.2, 0.25) is 0 Å². The highest BCUT2D eigenvalue weighted by atomic mass is 14.6. The van der Waals surface area contributed by atoms with Crippen molar-refractivity contribution < 1.29 is 0 Å². The molecule has 0 spiro atoms. The van der Waals surface area contributed by atoms with Crippen LogP contribution in [0.2, 0.25) is 0 Å². The summed E-state index contributed by atoms with van der Waals surface area (Å²) in [5, 5.41) is 0. The fourth-order valence-electron chi connectivity index (χ4n) is 2.83. The summed E-state index contributed by atoms with van der Waals surface area (Å²) >= 11 is 0. The molecule has 15 heavy (non-hydrogen) atoms. The second-order valence-corrected chi connectivity index (χ2v) is 5.08. The molecule has 88 valence electrons. The van der Waals surface area contributed by atoms with E-state index in [9.17, 15) is 0 Å². The van der Waals surface area contributed by atoms with Gasteiger partial charge in [0.05, 0.1) is 0 Å². The highest BCUT2D eigenvalue weighted by Crippen LogP contribution is 2.33. The molecule has 0 radical (unpaired) electrons. The van der Waals surface area contributed by atoms with Crippen LogP contribution in [0.3, 0.4) is 0 Å². The monoisotopic (exact) mass is 209 g/mol. The van der Waals surface area contributed by atoms with Crippen molar-refractivity contribution in [1.82, 2.24) is 0 Å². The van der Waals surface area contributed by atoms with Gasteiger partial charge < -0.3 is 5.73 Å². The molecule has 1 rings (SSSR count). The van der Waals surface area contributed by atoms with Crippen molar-refractivity contribution in [2.75, 3.05) is 0 Å². The van der Waals surface area contributed by atoms with Gasteiger partial charge in [0, 0.05) is 6.04 Å². The number of hydrogen-bond acceptors (Lipinski definition) is 1. The van der Waals surface area contributed by atoms with Crippen LogP contribution >= 0.6 is 0 Å². The second kappa shape index (κ2) is 7.05. The first kappa shape index (κ1) is 12.8. The fourth-order valence-corrected chi connectivity index (χ4v) is 2.83. The van der Waals surface area contributed by atoms with Gasteiger partial charge >= 0.3 is 0 Å². The van der Waals surface area contributed by atoms with Crippen LogP contribution in [0.5, 0.6) is 0 Å². The zero-order chi connectivity index (χ0) is 11.1. The minimum Gasteiger partial charge on any atom is -0.327 e. The summed E-state index contributed by atoms with van der Waals surface area (Å²) in [4.78, 5) is 0. The lowest BCUT2D eigenvalue weighted by molar-refractivity contribution is 0.222. The molecule has 1 nitrogen and oxygen atoms in total. The van der Waals surface area contributed by atoms with Gasteiger partial charge in [0.1, 0.15) is 0 Å². The van der Waals surface area contributed by atoms with Gasteiger partial charge in [-0.15, -0.1) is 6.58 Å². The number of nitrogens with two attached hydrogens (primary N) is 1. The van der Waals surface area contributed by atoms with Crippen molar-refractivity contribution >= 4 is 0 Å². The van der Waals surface area contributed by atoms with E-state index < -0.39 is 0 Å². The van der Waals surface area contributed by atoms with E-state index in [0.29, 0.717) is 6.04 Å². The number of rotatable bonds is 6. The molecular weight excluding hydrogens is 182 g/mol. The summed E-state index contributed by atoms with van der Waals surface area (Å²) in [6, 6.07) is 0.444. The van der Waals surface area contributed by atoms with Crippen LogP contribution < -0.4 is 5.73 Å². The summed E-state index contributed by atoms with van der Waals surface area (Å²) in [7, 11) is 0. The smallest absolute Gasteiger partial charge is 0.00673 e. The van der Waals surface area contributed by atoms with E-state index in [1.54, 1.807) is 0 Å². The first-order chi connectivity index (χ1) is 7.27. The molecule has 0 heterocycles. The third kappa shape index (κ3) is 4.38. The van der Waals surface area contributed by atoms with E-state index in [1.165, 1.54) is 44.9 Å². The lowest BCUT2D eigenvalue weighted by Gasteiger charge is -2.32. The number of hydrogen-bond donors (Lipinski definition) is 1. The Morgan fingerprint density at radius 2 is 2.27 bits per heavy atom. The summed E-state index contributed by atoms with van der Waals surface area (Å²) in [5.74, 6) is 1.75. The molecule has 3 atom stereocenters. The molecule has 0 aromatic carbocycles. The third-order valence-corrected chi connectivity index (χ3v) is 3.95. The van der Waals surface area contributed by atoms with Crippen molar-refractivity contribution in [3.8, 4) is 0 Å². The quantitative estimate of drug-likeness (QED) is 0.521. The van der Waals surface area contributed by atoms with Gasteiger partial charge in [-0.3, -0.25) is 0 Å². The molecule has 0 aliphatic heterocycles. The Kier molecular flexibility index (Phi) is 6.00. The zero-order valence-corrected chi connectivity index (χ0v) is 10.3. The maximum absolute atomic E-state index is 6.27. The van der Waals surface area contributed by atoms with Crippen molar-refractivity contribution in [2.24, 2.45) is 17.6 Å². The lowest BCUT2D eigenvalue weighted by Crippen LogP contribution is -2.33. The van der Waals surface area contributed by atoms with E-state index in [2.05, 4.69) is 13.5 Å². The Morgan fingerprint density at radius 1 is 1.47 bits per heavy atom. The molecule has 0 aromatic rings. The molecule has 1 aliphatic carbocycles. The minimum atomic E-state index is 0.444. The van der Waals surface area contributed by atoms with Crippen LogP contribution in [-0.2, 0) is 0 Å². The van der Waals surface area contributed by atoms with Gasteiger partial charge in [-0.2, -0.15) is 0 Å². The van der Waals surface area contributed by atoms with Crippen molar-refractivity contribution in [1.29, 1.82) is 0 Å². The van der Waals surface area contributed by atoms with Gasteiger partial charge in [0.25, 0.3) is 0 Å². The molecular formula is C14H27N. The standard InChI is InChI=1S/C14H27N/c1-3-5-6-10-14(15)13-9-7-8-12(4-2)11-13/h3,12-14H,1,4-11,15H2,2H3. The molecule has 2 N–H and O–H groups in total. The normalized spacial score (nSPS) is 28.7. The highest BCUT2D eigenvalue weighted by molar-refractivity contribution is 4.80. The zero-order valence-electron chi connectivity index (χ0n) is 10.3. The SMILES string of the molecule is C=CCCCC(N)C1CCCC(CC)C1. The summed E-state index contributed by atoms with van der Waals surface area (Å²) in [6.45, 7) is 6.07. The van der Waals surface area contributed by atoms with Crippen LogP contribution in [-0.4, -0.2) is 6.04 Å². The van der Waals surface area contributed by atoms with E-state index in [1.807, 2.05) is 6.08 Å². The van der Waals surface area contributed by atoms with Crippen LogP contribution in [0.1, 0.15) is 58.3 Å². The van der Waals surface area contributed by atoms with Crippen LogP contribution in [0, 0.1) is 11.8 Å². The van der Waals surface area contributed by atoms with Crippen LogP contribution in [0.4, 0.5) is 0 Å². The predicted octanol–water partition coefficient (Wildman–Crippen LogP) is 3.89. The Balaban J connectivity index is 2.25. The largest absolute Gasteiger partial charge is 0.327 e. The van der Waals surface area contributed by atoms with Crippen molar-refractivity contribution in [3.63, 3.8) is 0 Å². The Bertz CT molecular complexity index is 176. The predicted molar refractivity (Wildman–Crippen MR) is 67.8 cm³/mol. The molecule has 0 bridgehead atoms. The van der Waals surface area contributed by atoms with Gasteiger partial charge in [-0.25, -0.2) is 0 Å². The molecule has 1 aliphatic rings. The molecule has 1 heteroatoms. The Morgan fingerprint density at radius 3 is 2.93 bits per heavy atom. The minimum absolute atomic E-state index is 0.444. The summed E-state index contributed by atoms with van der Waals surface area (Å²) in [6.07, 6.45) is 12.5. The first-order valence-corrected chi connectivity index (χ1v) is 6.64. The number of allylic oxidation sites excluding steroid dienone is 1. The highest BCUT2D eigenvalue weighted by Gasteiger charge is 2.24. The third-order valence-electron chi connectivity index (χ3n) is 3.95. The summed E-state index contributed by atoms with van der Waals surface area (Å²) in [5.41, 5.74) is 6.27. The molecule has 1 saturated carbocycles. The molecule has 3 unspecified atom stereocenters.